The number of carbonyl (C=O) groups is 1. The van der Waals surface area contributed by atoms with Gasteiger partial charge < -0.3 is 10.0 Å². The Balaban J connectivity index is 2.18. The highest BCUT2D eigenvalue weighted by Crippen LogP contribution is 2.28. The Morgan fingerprint density at radius 1 is 1.16 bits per heavy atom. The maximum absolute atomic E-state index is 12.4. The molecule has 1 saturated carbocycles. The summed E-state index contributed by atoms with van der Waals surface area (Å²) in [6.07, 6.45) is 8.52. The van der Waals surface area contributed by atoms with Crippen LogP contribution in [-0.2, 0) is 4.79 Å². The summed E-state index contributed by atoms with van der Waals surface area (Å²) in [4.78, 5) is 16.5. The number of nitrogens with zero attached hydrogens (tertiary/aromatic N) is 2. The molecule has 4 heteroatoms. The number of rotatable bonds is 2. The van der Waals surface area contributed by atoms with Crippen molar-refractivity contribution in [3.63, 3.8) is 0 Å². The molecule has 1 aliphatic carbocycles. The lowest BCUT2D eigenvalue weighted by Gasteiger charge is -2.39. The molecular weight excluding hydrogens is 240 g/mol. The Bertz CT molecular complexity index is 301. The fourth-order valence-electron chi connectivity index (χ4n) is 3.67. The SMILES string of the molecule is CC1CCN(C)C(=O)C(CO)N1C1CCCCCC1. The number of likely N-dealkylation sites (N-methyl/N-ethyl adjacent to an activating group) is 1. The number of carbonyl (C=O) groups excluding carboxylic acids is 1. The number of hydrogen-bond donors (Lipinski definition) is 1. The predicted molar refractivity (Wildman–Crippen MR) is 75.9 cm³/mol. The number of amides is 1. The molecule has 2 aliphatic rings. The fourth-order valence-corrected chi connectivity index (χ4v) is 3.67. The van der Waals surface area contributed by atoms with E-state index >= 15 is 0 Å². The minimum Gasteiger partial charge on any atom is -0.394 e. The van der Waals surface area contributed by atoms with Crippen molar-refractivity contribution in [2.24, 2.45) is 0 Å². The minimum atomic E-state index is -0.328. The summed E-state index contributed by atoms with van der Waals surface area (Å²) in [6, 6.07) is 0.532. The highest BCUT2D eigenvalue weighted by Gasteiger charge is 2.38. The third kappa shape index (κ3) is 3.29. The van der Waals surface area contributed by atoms with Crippen LogP contribution in [0.1, 0.15) is 51.9 Å². The lowest BCUT2D eigenvalue weighted by atomic mass is 10.0. The first kappa shape index (κ1) is 14.8. The molecule has 2 fully saturated rings. The molecule has 1 amide bonds. The van der Waals surface area contributed by atoms with Crippen molar-refractivity contribution in [3.8, 4) is 0 Å². The van der Waals surface area contributed by atoms with E-state index in [0.717, 1.165) is 13.0 Å². The van der Waals surface area contributed by atoms with Crippen LogP contribution in [-0.4, -0.2) is 59.1 Å². The van der Waals surface area contributed by atoms with Gasteiger partial charge >= 0.3 is 0 Å². The van der Waals surface area contributed by atoms with Crippen molar-refractivity contribution >= 4 is 5.91 Å². The van der Waals surface area contributed by atoms with E-state index in [2.05, 4.69) is 11.8 Å². The number of aliphatic hydroxyl groups excluding tert-OH is 1. The van der Waals surface area contributed by atoms with E-state index in [1.165, 1.54) is 38.5 Å². The average Bonchev–Trinajstić information content (AvgIpc) is 2.73. The monoisotopic (exact) mass is 268 g/mol. The van der Waals surface area contributed by atoms with Gasteiger partial charge in [0, 0.05) is 25.7 Å². The highest BCUT2D eigenvalue weighted by atomic mass is 16.3. The molecule has 1 heterocycles. The summed E-state index contributed by atoms with van der Waals surface area (Å²) in [7, 11) is 1.86. The second-order valence-electron chi connectivity index (χ2n) is 6.19. The summed E-state index contributed by atoms with van der Waals surface area (Å²) in [5.41, 5.74) is 0. The van der Waals surface area contributed by atoms with E-state index in [-0.39, 0.29) is 18.6 Å². The second kappa shape index (κ2) is 6.71. The molecule has 0 aromatic carbocycles. The summed E-state index contributed by atoms with van der Waals surface area (Å²) < 4.78 is 0. The van der Waals surface area contributed by atoms with Gasteiger partial charge in [-0.15, -0.1) is 0 Å². The van der Waals surface area contributed by atoms with E-state index in [1.54, 1.807) is 4.90 Å². The van der Waals surface area contributed by atoms with E-state index in [0.29, 0.717) is 12.1 Å². The van der Waals surface area contributed by atoms with Crippen LogP contribution in [0.3, 0.4) is 0 Å². The molecule has 19 heavy (non-hydrogen) atoms. The normalized spacial score (nSPS) is 32.2. The molecule has 2 unspecified atom stereocenters. The third-order valence-corrected chi connectivity index (χ3v) is 4.83. The maximum atomic E-state index is 12.4. The zero-order valence-corrected chi connectivity index (χ0v) is 12.3. The van der Waals surface area contributed by atoms with Crippen LogP contribution in [0.15, 0.2) is 0 Å². The summed E-state index contributed by atoms with van der Waals surface area (Å²) in [6.45, 7) is 2.96. The van der Waals surface area contributed by atoms with Crippen LogP contribution in [0.2, 0.25) is 0 Å². The van der Waals surface area contributed by atoms with Gasteiger partial charge in [0.25, 0.3) is 0 Å². The third-order valence-electron chi connectivity index (χ3n) is 4.83. The predicted octanol–water partition coefficient (Wildman–Crippen LogP) is 1.62. The first-order valence-corrected chi connectivity index (χ1v) is 7.78. The number of aliphatic hydroxyl groups is 1. The van der Waals surface area contributed by atoms with Crippen molar-refractivity contribution in [2.45, 2.75) is 70.0 Å². The first-order chi connectivity index (χ1) is 9.15. The zero-order chi connectivity index (χ0) is 13.8. The molecule has 1 saturated heterocycles. The topological polar surface area (TPSA) is 43.8 Å². The first-order valence-electron chi connectivity index (χ1n) is 7.78. The van der Waals surface area contributed by atoms with Crippen molar-refractivity contribution in [1.29, 1.82) is 0 Å². The largest absolute Gasteiger partial charge is 0.394 e. The molecule has 2 rings (SSSR count). The molecule has 4 nitrogen and oxygen atoms in total. The van der Waals surface area contributed by atoms with Crippen molar-refractivity contribution in [1.82, 2.24) is 9.80 Å². The van der Waals surface area contributed by atoms with Gasteiger partial charge in [-0.3, -0.25) is 9.69 Å². The van der Waals surface area contributed by atoms with Crippen LogP contribution >= 0.6 is 0 Å². The van der Waals surface area contributed by atoms with E-state index < -0.39 is 0 Å². The van der Waals surface area contributed by atoms with Crippen LogP contribution < -0.4 is 0 Å². The minimum absolute atomic E-state index is 0.0516. The molecule has 0 spiro atoms. The number of hydrogen-bond acceptors (Lipinski definition) is 3. The Labute approximate surface area is 116 Å². The molecule has 1 aliphatic heterocycles. The van der Waals surface area contributed by atoms with Gasteiger partial charge in [0.1, 0.15) is 6.04 Å². The smallest absolute Gasteiger partial charge is 0.242 e. The van der Waals surface area contributed by atoms with Gasteiger partial charge in [0.2, 0.25) is 5.91 Å². The van der Waals surface area contributed by atoms with E-state index in [4.69, 9.17) is 0 Å². The lowest BCUT2D eigenvalue weighted by Crippen LogP contribution is -2.53. The van der Waals surface area contributed by atoms with Crippen LogP contribution in [0.5, 0.6) is 0 Å². The van der Waals surface area contributed by atoms with Gasteiger partial charge in [0.05, 0.1) is 6.61 Å². The Morgan fingerprint density at radius 3 is 2.37 bits per heavy atom. The van der Waals surface area contributed by atoms with Crippen LogP contribution in [0.25, 0.3) is 0 Å². The molecule has 0 radical (unpaired) electrons. The Hall–Kier alpha value is -0.610. The van der Waals surface area contributed by atoms with Crippen LogP contribution in [0, 0.1) is 0 Å². The summed E-state index contributed by atoms with van der Waals surface area (Å²) in [5.74, 6) is 0.0936. The quantitative estimate of drug-likeness (QED) is 0.774. The van der Waals surface area contributed by atoms with Gasteiger partial charge in [0.15, 0.2) is 0 Å². The van der Waals surface area contributed by atoms with Gasteiger partial charge in [-0.05, 0) is 26.2 Å². The molecule has 0 bridgehead atoms. The van der Waals surface area contributed by atoms with Crippen molar-refractivity contribution in [3.05, 3.63) is 0 Å². The van der Waals surface area contributed by atoms with E-state index in [1.807, 2.05) is 7.05 Å². The fraction of sp³-hybridized carbons (Fsp3) is 0.933. The Morgan fingerprint density at radius 2 is 1.79 bits per heavy atom. The van der Waals surface area contributed by atoms with Gasteiger partial charge in [-0.25, -0.2) is 0 Å². The average molecular weight is 268 g/mol. The summed E-state index contributed by atoms with van der Waals surface area (Å²) in [5, 5.41) is 9.70. The molecule has 2 atom stereocenters. The zero-order valence-electron chi connectivity index (χ0n) is 12.3. The highest BCUT2D eigenvalue weighted by molar-refractivity contribution is 5.82. The second-order valence-corrected chi connectivity index (χ2v) is 6.19. The van der Waals surface area contributed by atoms with Crippen molar-refractivity contribution < 1.29 is 9.90 Å². The van der Waals surface area contributed by atoms with Crippen LogP contribution in [0.4, 0.5) is 0 Å². The van der Waals surface area contributed by atoms with Gasteiger partial charge in [-0.2, -0.15) is 0 Å². The van der Waals surface area contributed by atoms with Gasteiger partial charge in [-0.1, -0.05) is 25.7 Å². The molecule has 1 N–H and O–H groups in total. The molecular formula is C15H28N2O2. The summed E-state index contributed by atoms with van der Waals surface area (Å²) >= 11 is 0. The molecule has 110 valence electrons. The molecule has 0 aromatic rings. The standard InChI is InChI=1S/C15H28N2O2/c1-12-9-10-16(2)15(19)14(11-18)17(12)13-7-5-3-4-6-8-13/h12-14,18H,3-11H2,1-2H3. The van der Waals surface area contributed by atoms with E-state index in [9.17, 15) is 9.90 Å². The lowest BCUT2D eigenvalue weighted by molar-refractivity contribution is -0.137. The molecule has 0 aromatic heterocycles. The van der Waals surface area contributed by atoms with Crippen molar-refractivity contribution in [2.75, 3.05) is 20.2 Å². The Kier molecular flexibility index (Phi) is 5.22. The maximum Gasteiger partial charge on any atom is 0.242 e.